The average Bonchev–Trinajstić information content (AvgIpc) is 3.17. The molecule has 0 spiro atoms. The Morgan fingerprint density at radius 2 is 1.96 bits per heavy atom. The number of carbonyl (C=O) groups is 2. The zero-order chi connectivity index (χ0) is 17.5. The van der Waals surface area contributed by atoms with Crippen molar-refractivity contribution in [3.05, 3.63) is 23.9 Å². The maximum Gasteiger partial charge on any atom is 0.307 e. The predicted molar refractivity (Wildman–Crippen MR) is 86.1 cm³/mol. The summed E-state index contributed by atoms with van der Waals surface area (Å²) in [7, 11) is 0. The maximum absolute atomic E-state index is 12.6. The van der Waals surface area contributed by atoms with Crippen molar-refractivity contribution in [1.82, 2.24) is 9.88 Å². The van der Waals surface area contributed by atoms with Crippen molar-refractivity contribution in [2.75, 3.05) is 31.1 Å². The van der Waals surface area contributed by atoms with Crippen LogP contribution in [0.4, 0.5) is 5.82 Å². The van der Waals surface area contributed by atoms with Crippen LogP contribution in [0.25, 0.3) is 0 Å². The van der Waals surface area contributed by atoms with E-state index in [0.717, 1.165) is 0 Å². The monoisotopic (exact) mass is 328 g/mol. The van der Waals surface area contributed by atoms with Crippen LogP contribution in [0.1, 0.15) is 19.4 Å². The number of carbonyl (C=O) groups excluding carboxylic acids is 1. The van der Waals surface area contributed by atoms with E-state index in [9.17, 15) is 20.0 Å². The molecule has 2 aliphatic rings. The van der Waals surface area contributed by atoms with Crippen molar-refractivity contribution in [2.45, 2.75) is 13.8 Å². The molecule has 1 saturated heterocycles. The molecule has 1 aliphatic heterocycles. The van der Waals surface area contributed by atoms with E-state index in [2.05, 4.69) is 11.1 Å². The summed E-state index contributed by atoms with van der Waals surface area (Å²) >= 11 is 0. The molecule has 0 aromatic carbocycles. The molecule has 1 amide bonds. The number of rotatable bonds is 3. The minimum absolute atomic E-state index is 0.0754. The molecule has 2 atom stereocenters. The second-order valence-electron chi connectivity index (χ2n) is 6.91. The van der Waals surface area contributed by atoms with Gasteiger partial charge in [-0.3, -0.25) is 9.59 Å². The molecule has 1 saturated carbocycles. The number of aromatic nitrogens is 1. The first-order valence-corrected chi connectivity index (χ1v) is 7.99. The van der Waals surface area contributed by atoms with Gasteiger partial charge in [0.25, 0.3) is 0 Å². The van der Waals surface area contributed by atoms with Gasteiger partial charge in [0.1, 0.15) is 11.9 Å². The number of carboxylic acids is 1. The number of pyridine rings is 1. The zero-order valence-electron chi connectivity index (χ0n) is 13.8. The van der Waals surface area contributed by atoms with Gasteiger partial charge in [-0.15, -0.1) is 0 Å². The van der Waals surface area contributed by atoms with Gasteiger partial charge in [0.05, 0.1) is 17.4 Å². The summed E-state index contributed by atoms with van der Waals surface area (Å²) in [5, 5.41) is 18.4. The summed E-state index contributed by atoms with van der Waals surface area (Å²) in [6.07, 6.45) is 1.65. The summed E-state index contributed by atoms with van der Waals surface area (Å²) in [6.45, 7) is 5.86. The van der Waals surface area contributed by atoms with Crippen LogP contribution in [0.5, 0.6) is 0 Å². The molecule has 2 heterocycles. The van der Waals surface area contributed by atoms with E-state index in [1.54, 1.807) is 23.2 Å². The second kappa shape index (κ2) is 5.78. The SMILES string of the molecule is CC1(C)[C@H](C(=O)O)[C@@H]1C(=O)N1CCN(c2ncccc2C#N)CC1. The van der Waals surface area contributed by atoms with Gasteiger partial charge < -0.3 is 14.9 Å². The van der Waals surface area contributed by atoms with Gasteiger partial charge in [0.15, 0.2) is 0 Å². The van der Waals surface area contributed by atoms with Gasteiger partial charge in [-0.05, 0) is 17.5 Å². The molecule has 0 unspecified atom stereocenters. The Morgan fingerprint density at radius 3 is 2.50 bits per heavy atom. The minimum Gasteiger partial charge on any atom is -0.481 e. The summed E-state index contributed by atoms with van der Waals surface area (Å²) < 4.78 is 0. The molecule has 1 aromatic rings. The highest BCUT2D eigenvalue weighted by atomic mass is 16.4. The van der Waals surface area contributed by atoms with Gasteiger partial charge in [0.2, 0.25) is 5.91 Å². The van der Waals surface area contributed by atoms with Gasteiger partial charge in [-0.2, -0.15) is 5.26 Å². The fraction of sp³-hybridized carbons (Fsp3) is 0.529. The number of hydrogen-bond donors (Lipinski definition) is 1. The lowest BCUT2D eigenvalue weighted by molar-refractivity contribution is -0.142. The smallest absolute Gasteiger partial charge is 0.307 e. The Hall–Kier alpha value is -2.62. The Bertz CT molecular complexity index is 717. The molecule has 2 fully saturated rings. The summed E-state index contributed by atoms with van der Waals surface area (Å²) in [4.78, 5) is 31.9. The number of nitriles is 1. The molecular formula is C17H20N4O3. The van der Waals surface area contributed by atoms with Gasteiger partial charge in [-0.1, -0.05) is 13.8 Å². The lowest BCUT2D eigenvalue weighted by Gasteiger charge is -2.36. The van der Waals surface area contributed by atoms with E-state index in [1.165, 1.54) is 0 Å². The third-order valence-corrected chi connectivity index (χ3v) is 5.16. The molecule has 126 valence electrons. The zero-order valence-corrected chi connectivity index (χ0v) is 13.8. The number of aliphatic carboxylic acids is 1. The first kappa shape index (κ1) is 16.2. The van der Waals surface area contributed by atoms with Crippen molar-refractivity contribution < 1.29 is 14.7 Å². The van der Waals surface area contributed by atoms with Crippen molar-refractivity contribution in [1.29, 1.82) is 5.26 Å². The van der Waals surface area contributed by atoms with E-state index in [4.69, 9.17) is 0 Å². The Balaban J connectivity index is 1.65. The lowest BCUT2D eigenvalue weighted by atomic mass is 10.1. The Morgan fingerprint density at radius 1 is 1.29 bits per heavy atom. The second-order valence-corrected chi connectivity index (χ2v) is 6.91. The third kappa shape index (κ3) is 2.58. The highest BCUT2D eigenvalue weighted by Crippen LogP contribution is 2.59. The number of nitrogens with zero attached hydrogens (tertiary/aromatic N) is 4. The van der Waals surface area contributed by atoms with E-state index >= 15 is 0 Å². The molecule has 0 radical (unpaired) electrons. The number of carboxylic acid groups (broad SMARTS) is 1. The van der Waals surface area contributed by atoms with E-state index in [-0.39, 0.29) is 5.91 Å². The summed E-state index contributed by atoms with van der Waals surface area (Å²) in [5.41, 5.74) is 0.0428. The summed E-state index contributed by atoms with van der Waals surface area (Å²) in [6, 6.07) is 5.59. The highest BCUT2D eigenvalue weighted by molar-refractivity contribution is 5.91. The van der Waals surface area contributed by atoms with Crippen LogP contribution < -0.4 is 4.90 Å². The highest BCUT2D eigenvalue weighted by Gasteiger charge is 2.66. The van der Waals surface area contributed by atoms with Gasteiger partial charge in [-0.25, -0.2) is 4.98 Å². The quantitative estimate of drug-likeness (QED) is 0.887. The summed E-state index contributed by atoms with van der Waals surface area (Å²) in [5.74, 6) is -1.37. The molecule has 1 N–H and O–H groups in total. The minimum atomic E-state index is -0.899. The third-order valence-electron chi connectivity index (χ3n) is 5.16. The fourth-order valence-electron chi connectivity index (χ4n) is 3.63. The lowest BCUT2D eigenvalue weighted by Crippen LogP contribution is -2.50. The van der Waals surface area contributed by atoms with Crippen LogP contribution in [-0.4, -0.2) is 53.0 Å². The maximum atomic E-state index is 12.6. The molecule has 1 aromatic heterocycles. The van der Waals surface area contributed by atoms with Crippen LogP contribution in [0.2, 0.25) is 0 Å². The van der Waals surface area contributed by atoms with Gasteiger partial charge >= 0.3 is 5.97 Å². The van der Waals surface area contributed by atoms with Crippen molar-refractivity contribution >= 4 is 17.7 Å². The largest absolute Gasteiger partial charge is 0.481 e. The predicted octanol–water partition coefficient (Wildman–Crippen LogP) is 0.959. The normalized spacial score (nSPS) is 25.0. The Labute approximate surface area is 140 Å². The molecule has 24 heavy (non-hydrogen) atoms. The first-order valence-electron chi connectivity index (χ1n) is 7.99. The van der Waals surface area contributed by atoms with Crippen molar-refractivity contribution in [3.63, 3.8) is 0 Å². The van der Waals surface area contributed by atoms with Crippen LogP contribution in [0.3, 0.4) is 0 Å². The Kier molecular flexibility index (Phi) is 3.91. The number of anilines is 1. The molecule has 3 rings (SSSR count). The van der Waals surface area contributed by atoms with E-state index in [0.29, 0.717) is 37.6 Å². The molecular weight excluding hydrogens is 308 g/mol. The fourth-order valence-corrected chi connectivity index (χ4v) is 3.63. The standard InChI is InChI=1S/C17H20N4O3/c1-17(2)12(13(17)16(23)24)15(22)21-8-6-20(7-9-21)14-11(10-18)4-3-5-19-14/h3-5,12-13H,6-9H2,1-2H3,(H,23,24)/t12-,13+/m1/s1. The van der Waals surface area contributed by atoms with Crippen LogP contribution in [0, 0.1) is 28.6 Å². The topological polar surface area (TPSA) is 97.5 Å². The number of piperazine rings is 1. The van der Waals surface area contributed by atoms with Gasteiger partial charge in [0, 0.05) is 32.4 Å². The van der Waals surface area contributed by atoms with Crippen LogP contribution >= 0.6 is 0 Å². The molecule has 7 nitrogen and oxygen atoms in total. The van der Waals surface area contributed by atoms with E-state index < -0.39 is 23.2 Å². The molecule has 0 bridgehead atoms. The van der Waals surface area contributed by atoms with Crippen LogP contribution in [-0.2, 0) is 9.59 Å². The first-order chi connectivity index (χ1) is 11.4. The van der Waals surface area contributed by atoms with Crippen LogP contribution in [0.15, 0.2) is 18.3 Å². The number of hydrogen-bond acceptors (Lipinski definition) is 5. The molecule has 1 aliphatic carbocycles. The molecule has 7 heteroatoms. The van der Waals surface area contributed by atoms with E-state index in [1.807, 2.05) is 18.7 Å². The number of amides is 1. The van der Waals surface area contributed by atoms with Crippen molar-refractivity contribution in [3.8, 4) is 6.07 Å². The average molecular weight is 328 g/mol. The van der Waals surface area contributed by atoms with Crippen molar-refractivity contribution in [2.24, 2.45) is 17.3 Å².